The number of allylic oxidation sites excluding steroid dienone is 1. The van der Waals surface area contributed by atoms with Crippen LogP contribution in [0.15, 0.2) is 24.3 Å². The summed E-state index contributed by atoms with van der Waals surface area (Å²) in [6.45, 7) is 0. The predicted octanol–water partition coefficient (Wildman–Crippen LogP) is 1.60. The Balaban J connectivity index is 2.29. The molecule has 0 spiro atoms. The van der Waals surface area contributed by atoms with Crippen LogP contribution in [-0.4, -0.2) is 17.1 Å². The van der Waals surface area contributed by atoms with Crippen molar-refractivity contribution in [3.63, 3.8) is 0 Å². The van der Waals surface area contributed by atoms with Crippen LogP contribution in [0.2, 0.25) is 0 Å². The SMILES string of the molecule is NC(Cc1cccc2c1C=CCC2)C(=O)O. The Morgan fingerprint density at radius 2 is 2.31 bits per heavy atom. The fourth-order valence-electron chi connectivity index (χ4n) is 2.04. The first-order valence-corrected chi connectivity index (χ1v) is 5.44. The lowest BCUT2D eigenvalue weighted by Crippen LogP contribution is -2.32. The summed E-state index contributed by atoms with van der Waals surface area (Å²) in [6, 6.07) is 5.20. The molecule has 0 saturated carbocycles. The fraction of sp³-hybridized carbons (Fsp3) is 0.308. The number of hydrogen-bond acceptors (Lipinski definition) is 2. The van der Waals surface area contributed by atoms with Gasteiger partial charge in [-0.1, -0.05) is 30.4 Å². The zero-order valence-electron chi connectivity index (χ0n) is 9.02. The van der Waals surface area contributed by atoms with Crippen molar-refractivity contribution < 1.29 is 9.90 Å². The van der Waals surface area contributed by atoms with Crippen molar-refractivity contribution >= 4 is 12.0 Å². The maximum atomic E-state index is 10.7. The van der Waals surface area contributed by atoms with E-state index < -0.39 is 12.0 Å². The molecule has 0 fully saturated rings. The molecule has 1 unspecified atom stereocenters. The van der Waals surface area contributed by atoms with Gasteiger partial charge in [0.05, 0.1) is 0 Å². The molecule has 84 valence electrons. The lowest BCUT2D eigenvalue weighted by molar-refractivity contribution is -0.138. The number of nitrogens with two attached hydrogens (primary N) is 1. The smallest absolute Gasteiger partial charge is 0.320 e. The highest BCUT2D eigenvalue weighted by Gasteiger charge is 2.15. The maximum absolute atomic E-state index is 10.7. The van der Waals surface area contributed by atoms with E-state index in [1.165, 1.54) is 5.56 Å². The average molecular weight is 217 g/mol. The van der Waals surface area contributed by atoms with Gasteiger partial charge in [-0.3, -0.25) is 4.79 Å². The summed E-state index contributed by atoms with van der Waals surface area (Å²) in [4.78, 5) is 10.7. The van der Waals surface area contributed by atoms with Crippen molar-refractivity contribution in [2.45, 2.75) is 25.3 Å². The van der Waals surface area contributed by atoms with E-state index in [9.17, 15) is 4.79 Å². The summed E-state index contributed by atoms with van der Waals surface area (Å²) in [5.74, 6) is -0.947. The van der Waals surface area contributed by atoms with Gasteiger partial charge in [0, 0.05) is 0 Å². The highest BCUT2D eigenvalue weighted by Crippen LogP contribution is 2.23. The number of carboxylic acids is 1. The lowest BCUT2D eigenvalue weighted by atomic mass is 9.90. The molecule has 2 rings (SSSR count). The summed E-state index contributed by atoms with van der Waals surface area (Å²) in [7, 11) is 0. The highest BCUT2D eigenvalue weighted by atomic mass is 16.4. The number of fused-ring (bicyclic) bond motifs is 1. The second-order valence-electron chi connectivity index (χ2n) is 4.08. The van der Waals surface area contributed by atoms with Gasteiger partial charge >= 0.3 is 5.97 Å². The number of aryl methyl sites for hydroxylation is 1. The molecule has 0 saturated heterocycles. The maximum Gasteiger partial charge on any atom is 0.320 e. The Morgan fingerprint density at radius 1 is 1.50 bits per heavy atom. The molecule has 0 bridgehead atoms. The van der Waals surface area contributed by atoms with Gasteiger partial charge in [0.1, 0.15) is 6.04 Å². The van der Waals surface area contributed by atoms with Crippen LogP contribution in [0.5, 0.6) is 0 Å². The lowest BCUT2D eigenvalue weighted by Gasteiger charge is -2.16. The Morgan fingerprint density at radius 3 is 3.06 bits per heavy atom. The van der Waals surface area contributed by atoms with Crippen LogP contribution in [-0.2, 0) is 17.6 Å². The van der Waals surface area contributed by atoms with E-state index in [4.69, 9.17) is 10.8 Å². The molecule has 0 aromatic heterocycles. The van der Waals surface area contributed by atoms with Crippen molar-refractivity contribution in [1.82, 2.24) is 0 Å². The number of hydrogen-bond donors (Lipinski definition) is 2. The third-order valence-electron chi connectivity index (χ3n) is 2.91. The van der Waals surface area contributed by atoms with Crippen molar-refractivity contribution in [2.75, 3.05) is 0 Å². The Kier molecular flexibility index (Phi) is 3.06. The second-order valence-corrected chi connectivity index (χ2v) is 4.08. The number of rotatable bonds is 3. The normalized spacial score (nSPS) is 15.6. The van der Waals surface area contributed by atoms with Crippen LogP contribution in [0, 0.1) is 0 Å². The third kappa shape index (κ3) is 2.14. The second kappa shape index (κ2) is 4.49. The zero-order chi connectivity index (χ0) is 11.5. The third-order valence-corrected chi connectivity index (χ3v) is 2.91. The molecule has 1 aromatic carbocycles. The monoisotopic (exact) mass is 217 g/mol. The van der Waals surface area contributed by atoms with Gasteiger partial charge in [0.15, 0.2) is 0 Å². The minimum absolute atomic E-state index is 0.392. The standard InChI is InChI=1S/C13H15NO2/c14-12(13(15)16)8-10-6-3-5-9-4-1-2-7-11(9)10/h2-3,5-7,12H,1,4,8,14H2,(H,15,16). The van der Waals surface area contributed by atoms with E-state index in [0.29, 0.717) is 6.42 Å². The molecular formula is C13H15NO2. The molecule has 3 nitrogen and oxygen atoms in total. The molecule has 1 aliphatic rings. The number of carbonyl (C=O) groups is 1. The zero-order valence-corrected chi connectivity index (χ0v) is 9.02. The largest absolute Gasteiger partial charge is 0.480 e. The molecule has 3 heteroatoms. The van der Waals surface area contributed by atoms with E-state index >= 15 is 0 Å². The number of carboxylic acid groups (broad SMARTS) is 1. The summed E-state index contributed by atoms with van der Waals surface area (Å²) < 4.78 is 0. The van der Waals surface area contributed by atoms with Gasteiger partial charge in [0.2, 0.25) is 0 Å². The molecule has 0 amide bonds. The Bertz CT molecular complexity index is 438. The van der Waals surface area contributed by atoms with Gasteiger partial charge in [-0.05, 0) is 36.0 Å². The van der Waals surface area contributed by atoms with E-state index in [0.717, 1.165) is 24.0 Å². The molecule has 16 heavy (non-hydrogen) atoms. The summed E-state index contributed by atoms with van der Waals surface area (Å²) >= 11 is 0. The van der Waals surface area contributed by atoms with Crippen LogP contribution in [0.25, 0.3) is 6.08 Å². The van der Waals surface area contributed by atoms with Gasteiger partial charge in [0.25, 0.3) is 0 Å². The highest BCUT2D eigenvalue weighted by molar-refractivity contribution is 5.74. The topological polar surface area (TPSA) is 63.3 Å². The van der Waals surface area contributed by atoms with Crippen LogP contribution in [0.3, 0.4) is 0 Å². The van der Waals surface area contributed by atoms with Crippen molar-refractivity contribution in [1.29, 1.82) is 0 Å². The van der Waals surface area contributed by atoms with Crippen molar-refractivity contribution in [3.8, 4) is 0 Å². The van der Waals surface area contributed by atoms with Gasteiger partial charge in [-0.2, -0.15) is 0 Å². The Hall–Kier alpha value is -1.61. The molecule has 0 radical (unpaired) electrons. The first-order valence-electron chi connectivity index (χ1n) is 5.44. The first kappa shape index (κ1) is 10.9. The predicted molar refractivity (Wildman–Crippen MR) is 63.1 cm³/mol. The quantitative estimate of drug-likeness (QED) is 0.808. The fourth-order valence-corrected chi connectivity index (χ4v) is 2.04. The Labute approximate surface area is 94.6 Å². The van der Waals surface area contributed by atoms with Gasteiger partial charge < -0.3 is 10.8 Å². The van der Waals surface area contributed by atoms with E-state index in [1.807, 2.05) is 12.1 Å². The molecule has 0 heterocycles. The van der Waals surface area contributed by atoms with Crippen LogP contribution >= 0.6 is 0 Å². The minimum Gasteiger partial charge on any atom is -0.480 e. The summed E-state index contributed by atoms with van der Waals surface area (Å²) in [5, 5.41) is 8.80. The summed E-state index contributed by atoms with van der Waals surface area (Å²) in [6.07, 6.45) is 6.67. The molecule has 1 atom stereocenters. The van der Waals surface area contributed by atoms with E-state index in [1.54, 1.807) is 0 Å². The van der Waals surface area contributed by atoms with Crippen LogP contribution < -0.4 is 5.73 Å². The van der Waals surface area contributed by atoms with Crippen molar-refractivity contribution in [2.24, 2.45) is 5.73 Å². The van der Waals surface area contributed by atoms with Gasteiger partial charge in [-0.25, -0.2) is 0 Å². The van der Waals surface area contributed by atoms with Gasteiger partial charge in [-0.15, -0.1) is 0 Å². The van der Waals surface area contributed by atoms with E-state index in [2.05, 4.69) is 18.2 Å². The molecule has 0 aliphatic heterocycles. The van der Waals surface area contributed by atoms with Crippen molar-refractivity contribution in [3.05, 3.63) is 41.0 Å². The average Bonchev–Trinajstić information content (AvgIpc) is 2.29. The van der Waals surface area contributed by atoms with Crippen LogP contribution in [0.4, 0.5) is 0 Å². The van der Waals surface area contributed by atoms with Crippen LogP contribution in [0.1, 0.15) is 23.1 Å². The molecule has 1 aromatic rings. The number of aliphatic carboxylic acids is 1. The number of benzene rings is 1. The first-order chi connectivity index (χ1) is 7.68. The molecular weight excluding hydrogens is 202 g/mol. The van der Waals surface area contributed by atoms with E-state index in [-0.39, 0.29) is 0 Å². The summed E-state index contributed by atoms with van der Waals surface area (Å²) in [5.41, 5.74) is 9.04. The minimum atomic E-state index is -0.947. The molecule has 3 N–H and O–H groups in total. The molecule has 1 aliphatic carbocycles.